The number of rotatable bonds is 4. The zero-order chi connectivity index (χ0) is 12.1. The molecular formula is C13H15IO3. The molecule has 1 heterocycles. The summed E-state index contributed by atoms with van der Waals surface area (Å²) < 4.78 is 11.9. The average molecular weight is 346 g/mol. The van der Waals surface area contributed by atoms with E-state index in [-0.39, 0.29) is 12.1 Å². The van der Waals surface area contributed by atoms with Crippen LogP contribution in [-0.2, 0) is 9.47 Å². The van der Waals surface area contributed by atoms with Gasteiger partial charge in [0.15, 0.2) is 12.1 Å². The van der Waals surface area contributed by atoms with Crippen molar-refractivity contribution in [1.29, 1.82) is 0 Å². The summed E-state index contributed by atoms with van der Waals surface area (Å²) in [6, 6.07) is 7.64. The fraction of sp³-hybridized carbons (Fsp3) is 0.462. The topological polar surface area (TPSA) is 35.5 Å². The maximum atomic E-state index is 11.9. The average Bonchev–Trinajstić information content (AvgIpc) is 2.37. The number of ether oxygens (including phenoxy) is 2. The lowest BCUT2D eigenvalue weighted by Gasteiger charge is -2.22. The SMILES string of the molecule is O=C(CCC1OCCCO1)c1cccc(I)c1. The van der Waals surface area contributed by atoms with Gasteiger partial charge >= 0.3 is 0 Å². The predicted octanol–water partition coefficient (Wildman–Crippen LogP) is 3.02. The van der Waals surface area contributed by atoms with Crippen molar-refractivity contribution in [1.82, 2.24) is 0 Å². The Bertz CT molecular complexity index is 386. The van der Waals surface area contributed by atoms with Crippen molar-refractivity contribution in [3.63, 3.8) is 0 Å². The van der Waals surface area contributed by atoms with Crippen LogP contribution in [0.3, 0.4) is 0 Å². The fourth-order valence-electron chi connectivity index (χ4n) is 1.76. The summed E-state index contributed by atoms with van der Waals surface area (Å²) >= 11 is 2.21. The second-order valence-corrected chi connectivity index (χ2v) is 5.24. The van der Waals surface area contributed by atoms with Gasteiger partial charge in [0, 0.05) is 22.0 Å². The second kappa shape index (κ2) is 6.47. The summed E-state index contributed by atoms with van der Waals surface area (Å²) in [7, 11) is 0. The summed E-state index contributed by atoms with van der Waals surface area (Å²) in [5.41, 5.74) is 0.771. The van der Waals surface area contributed by atoms with Crippen LogP contribution in [0.5, 0.6) is 0 Å². The highest BCUT2D eigenvalue weighted by atomic mass is 127. The molecule has 0 N–H and O–H groups in total. The molecular weight excluding hydrogens is 331 g/mol. The fourth-order valence-corrected chi connectivity index (χ4v) is 2.30. The standard InChI is InChI=1S/C13H15IO3/c14-11-4-1-3-10(9-11)12(15)5-6-13-16-7-2-8-17-13/h1,3-4,9,13H,2,5-8H2. The first-order valence-electron chi connectivity index (χ1n) is 5.78. The van der Waals surface area contributed by atoms with E-state index in [1.807, 2.05) is 24.3 Å². The summed E-state index contributed by atoms with van der Waals surface area (Å²) in [4.78, 5) is 11.9. The number of carbonyl (C=O) groups excluding carboxylic acids is 1. The molecule has 0 spiro atoms. The Labute approximate surface area is 115 Å². The molecule has 1 saturated heterocycles. The molecule has 1 aromatic rings. The van der Waals surface area contributed by atoms with Crippen LogP contribution in [0.25, 0.3) is 0 Å². The van der Waals surface area contributed by atoms with Gasteiger partial charge in [-0.15, -0.1) is 0 Å². The Morgan fingerprint density at radius 2 is 2.12 bits per heavy atom. The lowest BCUT2D eigenvalue weighted by molar-refractivity contribution is -0.180. The van der Waals surface area contributed by atoms with Gasteiger partial charge in [0.05, 0.1) is 13.2 Å². The van der Waals surface area contributed by atoms with E-state index in [2.05, 4.69) is 22.6 Å². The van der Waals surface area contributed by atoms with Gasteiger partial charge in [-0.1, -0.05) is 12.1 Å². The Kier molecular flexibility index (Phi) is 4.94. The quantitative estimate of drug-likeness (QED) is 0.621. The number of carbonyl (C=O) groups is 1. The number of halogens is 1. The van der Waals surface area contributed by atoms with E-state index in [9.17, 15) is 4.79 Å². The minimum atomic E-state index is -0.199. The molecule has 2 rings (SSSR count). The van der Waals surface area contributed by atoms with Gasteiger partial charge in [-0.05, 0) is 41.1 Å². The van der Waals surface area contributed by atoms with Crippen LogP contribution >= 0.6 is 22.6 Å². The zero-order valence-electron chi connectivity index (χ0n) is 9.52. The number of hydrogen-bond donors (Lipinski definition) is 0. The molecule has 1 fully saturated rings. The van der Waals surface area contributed by atoms with Crippen LogP contribution in [0, 0.1) is 3.57 Å². The van der Waals surface area contributed by atoms with E-state index in [1.165, 1.54) is 0 Å². The van der Waals surface area contributed by atoms with Gasteiger partial charge in [-0.25, -0.2) is 0 Å². The summed E-state index contributed by atoms with van der Waals surface area (Å²) in [5.74, 6) is 0.154. The third-order valence-electron chi connectivity index (χ3n) is 2.65. The van der Waals surface area contributed by atoms with Crippen LogP contribution in [0.1, 0.15) is 29.6 Å². The van der Waals surface area contributed by atoms with Crippen molar-refractivity contribution in [2.24, 2.45) is 0 Å². The van der Waals surface area contributed by atoms with Crippen molar-refractivity contribution in [3.8, 4) is 0 Å². The molecule has 1 aliphatic heterocycles. The smallest absolute Gasteiger partial charge is 0.163 e. The number of benzene rings is 1. The lowest BCUT2D eigenvalue weighted by atomic mass is 10.1. The molecule has 0 atom stereocenters. The molecule has 1 aromatic carbocycles. The lowest BCUT2D eigenvalue weighted by Crippen LogP contribution is -2.25. The third kappa shape index (κ3) is 4.04. The van der Waals surface area contributed by atoms with Crippen LogP contribution in [0.15, 0.2) is 24.3 Å². The van der Waals surface area contributed by atoms with Gasteiger partial charge in [-0.3, -0.25) is 4.79 Å². The van der Waals surface area contributed by atoms with E-state index >= 15 is 0 Å². The van der Waals surface area contributed by atoms with Crippen molar-refractivity contribution in [2.75, 3.05) is 13.2 Å². The summed E-state index contributed by atoms with van der Waals surface area (Å²) in [6.45, 7) is 1.48. The van der Waals surface area contributed by atoms with Gasteiger partial charge in [-0.2, -0.15) is 0 Å². The Morgan fingerprint density at radius 3 is 2.82 bits per heavy atom. The minimum absolute atomic E-state index is 0.154. The highest BCUT2D eigenvalue weighted by Crippen LogP contribution is 2.15. The van der Waals surface area contributed by atoms with Crippen molar-refractivity contribution in [3.05, 3.63) is 33.4 Å². The number of Topliss-reactive ketones (excluding diaryl/α,β-unsaturated/α-hetero) is 1. The van der Waals surface area contributed by atoms with Crippen molar-refractivity contribution in [2.45, 2.75) is 25.6 Å². The predicted molar refractivity (Wildman–Crippen MR) is 73.0 cm³/mol. The summed E-state index contributed by atoms with van der Waals surface area (Å²) in [5, 5.41) is 0. The zero-order valence-corrected chi connectivity index (χ0v) is 11.7. The largest absolute Gasteiger partial charge is 0.353 e. The molecule has 4 heteroatoms. The first-order valence-corrected chi connectivity index (χ1v) is 6.85. The van der Waals surface area contributed by atoms with Crippen LogP contribution < -0.4 is 0 Å². The molecule has 0 bridgehead atoms. The van der Waals surface area contributed by atoms with Gasteiger partial charge in [0.1, 0.15) is 0 Å². The molecule has 1 aliphatic rings. The molecule has 0 aliphatic carbocycles. The Balaban J connectivity index is 1.84. The molecule has 92 valence electrons. The molecule has 0 unspecified atom stereocenters. The Morgan fingerprint density at radius 1 is 1.35 bits per heavy atom. The number of ketones is 1. The van der Waals surface area contributed by atoms with E-state index < -0.39 is 0 Å². The molecule has 0 amide bonds. The monoisotopic (exact) mass is 346 g/mol. The maximum Gasteiger partial charge on any atom is 0.163 e. The van der Waals surface area contributed by atoms with E-state index in [0.717, 1.165) is 28.8 Å². The summed E-state index contributed by atoms with van der Waals surface area (Å²) in [6.07, 6.45) is 1.87. The van der Waals surface area contributed by atoms with Crippen LogP contribution in [-0.4, -0.2) is 25.3 Å². The van der Waals surface area contributed by atoms with Gasteiger partial charge in [0.25, 0.3) is 0 Å². The highest BCUT2D eigenvalue weighted by molar-refractivity contribution is 14.1. The minimum Gasteiger partial charge on any atom is -0.353 e. The van der Waals surface area contributed by atoms with Crippen LogP contribution in [0.2, 0.25) is 0 Å². The van der Waals surface area contributed by atoms with E-state index in [4.69, 9.17) is 9.47 Å². The molecule has 0 saturated carbocycles. The molecule has 3 nitrogen and oxygen atoms in total. The molecule has 0 radical (unpaired) electrons. The molecule has 17 heavy (non-hydrogen) atoms. The highest BCUT2D eigenvalue weighted by Gasteiger charge is 2.16. The van der Waals surface area contributed by atoms with E-state index in [0.29, 0.717) is 12.8 Å². The van der Waals surface area contributed by atoms with E-state index in [1.54, 1.807) is 0 Å². The second-order valence-electron chi connectivity index (χ2n) is 4.00. The maximum absolute atomic E-state index is 11.9. The first kappa shape index (κ1) is 13.0. The van der Waals surface area contributed by atoms with Gasteiger partial charge < -0.3 is 9.47 Å². The third-order valence-corrected chi connectivity index (χ3v) is 3.32. The normalized spacial score (nSPS) is 17.0. The molecule has 0 aromatic heterocycles. The van der Waals surface area contributed by atoms with Crippen molar-refractivity contribution < 1.29 is 14.3 Å². The number of hydrogen-bond acceptors (Lipinski definition) is 3. The van der Waals surface area contributed by atoms with Crippen molar-refractivity contribution >= 4 is 28.4 Å². The van der Waals surface area contributed by atoms with Gasteiger partial charge in [0.2, 0.25) is 0 Å². The van der Waals surface area contributed by atoms with Crippen LogP contribution in [0.4, 0.5) is 0 Å². The first-order chi connectivity index (χ1) is 8.25. The Hall–Kier alpha value is -0.460.